The lowest BCUT2D eigenvalue weighted by molar-refractivity contribution is 0.0635. The van der Waals surface area contributed by atoms with E-state index < -0.39 is 11.7 Å². The van der Waals surface area contributed by atoms with E-state index in [4.69, 9.17) is 9.15 Å². The molecule has 1 N–H and O–H groups in total. The molecule has 5 nitrogen and oxygen atoms in total. The molecule has 78 valence electrons. The summed E-state index contributed by atoms with van der Waals surface area (Å²) in [5, 5.41) is 2.48. The van der Waals surface area contributed by atoms with E-state index in [1.54, 1.807) is 27.7 Å². The van der Waals surface area contributed by atoms with Crippen molar-refractivity contribution in [1.29, 1.82) is 0 Å². The highest BCUT2D eigenvalue weighted by atomic mass is 16.6. The van der Waals surface area contributed by atoms with E-state index in [2.05, 4.69) is 10.3 Å². The topological polar surface area (TPSA) is 64.4 Å². The van der Waals surface area contributed by atoms with Gasteiger partial charge in [0.15, 0.2) is 12.2 Å². The van der Waals surface area contributed by atoms with Gasteiger partial charge in [-0.3, -0.25) is 5.32 Å². The van der Waals surface area contributed by atoms with Gasteiger partial charge in [0.2, 0.25) is 0 Å². The minimum Gasteiger partial charge on any atom is -0.446 e. The van der Waals surface area contributed by atoms with Gasteiger partial charge in [-0.2, -0.15) is 4.98 Å². The Hall–Kier alpha value is -1.52. The molecule has 0 aliphatic rings. The van der Waals surface area contributed by atoms with Crippen LogP contribution in [0.5, 0.6) is 0 Å². The normalized spacial score (nSPS) is 11.1. The maximum Gasteiger partial charge on any atom is 0.413 e. The van der Waals surface area contributed by atoms with Gasteiger partial charge in [0.05, 0.1) is 0 Å². The van der Waals surface area contributed by atoms with Crippen molar-refractivity contribution in [3.8, 4) is 0 Å². The average Bonchev–Trinajstić information content (AvgIpc) is 2.32. The standard InChI is InChI=1S/C9H14N2O3/c1-6-7(10-5-13-6)11-8(12)14-9(2,3)4/h5H,1-4H3,(H,11,12). The van der Waals surface area contributed by atoms with Gasteiger partial charge >= 0.3 is 6.09 Å². The quantitative estimate of drug-likeness (QED) is 0.752. The molecule has 0 fully saturated rings. The minimum atomic E-state index is -0.533. The number of nitrogens with one attached hydrogen (secondary N) is 1. The first-order valence-corrected chi connectivity index (χ1v) is 4.28. The Morgan fingerprint density at radius 3 is 2.64 bits per heavy atom. The van der Waals surface area contributed by atoms with Crippen LogP contribution < -0.4 is 5.32 Å². The highest BCUT2D eigenvalue weighted by Crippen LogP contribution is 2.13. The molecule has 0 saturated heterocycles. The molecule has 0 radical (unpaired) electrons. The molecule has 0 aromatic carbocycles. The zero-order valence-electron chi connectivity index (χ0n) is 8.75. The molecule has 0 unspecified atom stereocenters. The number of amides is 1. The summed E-state index contributed by atoms with van der Waals surface area (Å²) in [4.78, 5) is 15.1. The van der Waals surface area contributed by atoms with Crippen LogP contribution >= 0.6 is 0 Å². The van der Waals surface area contributed by atoms with Gasteiger partial charge < -0.3 is 9.15 Å². The summed E-state index contributed by atoms with van der Waals surface area (Å²) in [6, 6.07) is 0. The number of anilines is 1. The number of hydrogen-bond donors (Lipinski definition) is 1. The zero-order valence-corrected chi connectivity index (χ0v) is 8.75. The lowest BCUT2D eigenvalue weighted by Crippen LogP contribution is -2.27. The second-order valence-electron chi connectivity index (χ2n) is 3.88. The molecule has 1 heterocycles. The summed E-state index contributed by atoms with van der Waals surface area (Å²) >= 11 is 0. The summed E-state index contributed by atoms with van der Waals surface area (Å²) in [6.07, 6.45) is 0.733. The highest BCUT2D eigenvalue weighted by molar-refractivity contribution is 5.83. The van der Waals surface area contributed by atoms with Crippen molar-refractivity contribution in [3.63, 3.8) is 0 Å². The van der Waals surface area contributed by atoms with Crippen molar-refractivity contribution in [1.82, 2.24) is 4.98 Å². The molecule has 0 spiro atoms. The number of aromatic nitrogens is 1. The van der Waals surface area contributed by atoms with E-state index in [1.165, 1.54) is 6.39 Å². The van der Waals surface area contributed by atoms with Crippen molar-refractivity contribution < 1.29 is 13.9 Å². The number of nitrogens with zero attached hydrogens (tertiary/aromatic N) is 1. The van der Waals surface area contributed by atoms with Crippen LogP contribution in [0.1, 0.15) is 26.5 Å². The fourth-order valence-corrected chi connectivity index (χ4v) is 0.825. The molecule has 0 aliphatic carbocycles. The van der Waals surface area contributed by atoms with Crippen LogP contribution in [0, 0.1) is 6.92 Å². The van der Waals surface area contributed by atoms with Gasteiger partial charge in [-0.15, -0.1) is 0 Å². The minimum absolute atomic E-state index is 0.388. The van der Waals surface area contributed by atoms with E-state index in [1.807, 2.05) is 0 Å². The molecule has 1 rings (SSSR count). The van der Waals surface area contributed by atoms with Crippen LogP contribution in [0.15, 0.2) is 10.8 Å². The first kappa shape index (κ1) is 10.6. The first-order chi connectivity index (χ1) is 6.38. The third kappa shape index (κ3) is 3.08. The molecule has 1 aromatic heterocycles. The summed E-state index contributed by atoms with van der Waals surface area (Å²) in [7, 11) is 0. The van der Waals surface area contributed by atoms with Crippen molar-refractivity contribution in [2.75, 3.05) is 5.32 Å². The number of hydrogen-bond acceptors (Lipinski definition) is 4. The highest BCUT2D eigenvalue weighted by Gasteiger charge is 2.17. The fraction of sp³-hybridized carbons (Fsp3) is 0.556. The predicted molar refractivity (Wildman–Crippen MR) is 51.1 cm³/mol. The van der Waals surface area contributed by atoms with Gasteiger partial charge in [0, 0.05) is 0 Å². The molecule has 14 heavy (non-hydrogen) atoms. The number of carbonyl (C=O) groups excluding carboxylic acids is 1. The Morgan fingerprint density at radius 1 is 1.57 bits per heavy atom. The number of aryl methyl sites for hydroxylation is 1. The molecule has 0 aliphatic heterocycles. The Labute approximate surface area is 82.5 Å². The van der Waals surface area contributed by atoms with Crippen LogP contribution in [0.4, 0.5) is 10.6 Å². The van der Waals surface area contributed by atoms with Crippen molar-refractivity contribution >= 4 is 11.9 Å². The molecule has 5 heteroatoms. The number of carbonyl (C=O) groups is 1. The first-order valence-electron chi connectivity index (χ1n) is 4.28. The van der Waals surface area contributed by atoms with E-state index in [0.29, 0.717) is 11.6 Å². The fourth-order valence-electron chi connectivity index (χ4n) is 0.825. The molecule has 0 saturated carbocycles. The van der Waals surface area contributed by atoms with Crippen LogP contribution in [-0.4, -0.2) is 16.7 Å². The number of rotatable bonds is 1. The summed E-state index contributed by atoms with van der Waals surface area (Å²) in [6.45, 7) is 7.09. The largest absolute Gasteiger partial charge is 0.446 e. The Morgan fingerprint density at radius 2 is 2.21 bits per heavy atom. The second-order valence-corrected chi connectivity index (χ2v) is 3.88. The molecule has 1 amide bonds. The Bertz CT molecular complexity index is 325. The smallest absolute Gasteiger partial charge is 0.413 e. The SMILES string of the molecule is Cc1ocnc1NC(=O)OC(C)(C)C. The van der Waals surface area contributed by atoms with E-state index in [0.717, 1.165) is 0 Å². The van der Waals surface area contributed by atoms with E-state index >= 15 is 0 Å². The second kappa shape index (κ2) is 3.69. The molecular formula is C9H14N2O3. The predicted octanol–water partition coefficient (Wildman–Crippen LogP) is 2.33. The lowest BCUT2D eigenvalue weighted by atomic mass is 10.2. The van der Waals surface area contributed by atoms with Gasteiger partial charge in [0.1, 0.15) is 11.4 Å². The van der Waals surface area contributed by atoms with Gasteiger partial charge in [-0.05, 0) is 27.7 Å². The lowest BCUT2D eigenvalue weighted by Gasteiger charge is -2.19. The van der Waals surface area contributed by atoms with Crippen LogP contribution in [0.2, 0.25) is 0 Å². The van der Waals surface area contributed by atoms with Crippen LogP contribution in [0.25, 0.3) is 0 Å². The number of ether oxygens (including phenoxy) is 1. The van der Waals surface area contributed by atoms with Gasteiger partial charge in [0.25, 0.3) is 0 Å². The van der Waals surface area contributed by atoms with Gasteiger partial charge in [-0.25, -0.2) is 4.79 Å². The van der Waals surface area contributed by atoms with E-state index in [9.17, 15) is 4.79 Å². The maximum absolute atomic E-state index is 11.3. The third-order valence-corrected chi connectivity index (χ3v) is 1.36. The Kier molecular flexibility index (Phi) is 2.78. The molecule has 0 bridgehead atoms. The summed E-state index contributed by atoms with van der Waals surface area (Å²) in [5.74, 6) is 0.940. The maximum atomic E-state index is 11.3. The van der Waals surface area contributed by atoms with Crippen molar-refractivity contribution in [2.45, 2.75) is 33.3 Å². The van der Waals surface area contributed by atoms with E-state index in [-0.39, 0.29) is 0 Å². The van der Waals surface area contributed by atoms with Gasteiger partial charge in [-0.1, -0.05) is 0 Å². The van der Waals surface area contributed by atoms with Crippen molar-refractivity contribution in [3.05, 3.63) is 12.2 Å². The summed E-state index contributed by atoms with van der Waals surface area (Å²) < 4.78 is 9.95. The molecule has 1 aromatic rings. The van der Waals surface area contributed by atoms with Crippen molar-refractivity contribution in [2.24, 2.45) is 0 Å². The number of oxazole rings is 1. The molecular weight excluding hydrogens is 184 g/mol. The monoisotopic (exact) mass is 198 g/mol. The third-order valence-electron chi connectivity index (χ3n) is 1.36. The van der Waals surface area contributed by atoms with Crippen LogP contribution in [-0.2, 0) is 4.74 Å². The molecule has 0 atom stereocenters. The average molecular weight is 198 g/mol. The summed E-state index contributed by atoms with van der Waals surface area (Å²) in [5.41, 5.74) is -0.512. The van der Waals surface area contributed by atoms with Crippen LogP contribution in [0.3, 0.4) is 0 Å². The zero-order chi connectivity index (χ0) is 10.8. The Balaban J connectivity index is 2.54.